The van der Waals surface area contributed by atoms with Crippen LogP contribution in [0.4, 0.5) is 5.69 Å². The Hall–Kier alpha value is -1.56. The van der Waals surface area contributed by atoms with Crippen LogP contribution in [0, 0.1) is 10.5 Å². The minimum absolute atomic E-state index is 0.137. The van der Waals surface area contributed by atoms with Crippen LogP contribution in [0.2, 0.25) is 0 Å². The Labute approximate surface area is 126 Å². The molecule has 0 unspecified atom stereocenters. The first-order valence-electron chi connectivity index (χ1n) is 5.82. The molecule has 0 atom stereocenters. The van der Waals surface area contributed by atoms with Crippen molar-refractivity contribution < 1.29 is 9.53 Å². The number of ether oxygens (including phenoxy) is 1. The van der Waals surface area contributed by atoms with Crippen LogP contribution >= 0.6 is 22.6 Å². The molecule has 1 amide bonds. The molecule has 0 bridgehead atoms. The average Bonchev–Trinajstić information content (AvgIpc) is 2.42. The van der Waals surface area contributed by atoms with E-state index in [4.69, 9.17) is 4.74 Å². The van der Waals surface area contributed by atoms with Crippen molar-refractivity contribution in [2.24, 2.45) is 0 Å². The van der Waals surface area contributed by atoms with Crippen LogP contribution in [0.15, 0.2) is 42.5 Å². The molecule has 0 radical (unpaired) electrons. The topological polar surface area (TPSA) is 38.3 Å². The maximum absolute atomic E-state index is 12.2. The van der Waals surface area contributed by atoms with E-state index in [2.05, 4.69) is 27.9 Å². The lowest BCUT2D eigenvalue weighted by Gasteiger charge is -2.09. The van der Waals surface area contributed by atoms with Crippen LogP contribution in [-0.4, -0.2) is 13.0 Å². The van der Waals surface area contributed by atoms with Gasteiger partial charge in [-0.05, 0) is 59.3 Å². The SMILES string of the molecule is COc1cc(C(=O)Nc2ccccc2I)ccc1C. The molecule has 0 saturated heterocycles. The van der Waals surface area contributed by atoms with Gasteiger partial charge in [0, 0.05) is 9.13 Å². The fourth-order valence-electron chi connectivity index (χ4n) is 1.72. The second kappa shape index (κ2) is 6.06. The highest BCUT2D eigenvalue weighted by atomic mass is 127. The van der Waals surface area contributed by atoms with Gasteiger partial charge in [0.2, 0.25) is 0 Å². The van der Waals surface area contributed by atoms with E-state index in [1.54, 1.807) is 19.2 Å². The number of hydrogen-bond acceptors (Lipinski definition) is 2. The maximum Gasteiger partial charge on any atom is 0.255 e. The van der Waals surface area contributed by atoms with Crippen molar-refractivity contribution in [2.75, 3.05) is 12.4 Å². The zero-order valence-corrected chi connectivity index (χ0v) is 12.9. The first kappa shape index (κ1) is 13.9. The Morgan fingerprint density at radius 2 is 1.95 bits per heavy atom. The first-order chi connectivity index (χ1) is 9.11. The molecule has 0 saturated carbocycles. The number of amides is 1. The molecule has 0 aromatic heterocycles. The Balaban J connectivity index is 2.23. The predicted molar refractivity (Wildman–Crippen MR) is 84.8 cm³/mol. The van der Waals surface area contributed by atoms with Gasteiger partial charge in [0.25, 0.3) is 5.91 Å². The Bertz CT molecular complexity index is 611. The third kappa shape index (κ3) is 3.26. The number of aryl methyl sites for hydroxylation is 1. The number of para-hydroxylation sites is 1. The van der Waals surface area contributed by atoms with E-state index < -0.39 is 0 Å². The third-order valence-corrected chi connectivity index (χ3v) is 3.73. The number of nitrogens with one attached hydrogen (secondary N) is 1. The summed E-state index contributed by atoms with van der Waals surface area (Å²) in [5.74, 6) is 0.581. The van der Waals surface area contributed by atoms with Crippen LogP contribution < -0.4 is 10.1 Å². The number of carbonyl (C=O) groups is 1. The smallest absolute Gasteiger partial charge is 0.255 e. The summed E-state index contributed by atoms with van der Waals surface area (Å²) >= 11 is 2.19. The molecule has 0 aliphatic rings. The lowest BCUT2D eigenvalue weighted by molar-refractivity contribution is 0.102. The molecular formula is C15H14INO2. The number of anilines is 1. The number of rotatable bonds is 3. The molecular weight excluding hydrogens is 353 g/mol. The van der Waals surface area contributed by atoms with Gasteiger partial charge in [-0.1, -0.05) is 18.2 Å². The van der Waals surface area contributed by atoms with Gasteiger partial charge in [0.15, 0.2) is 0 Å². The van der Waals surface area contributed by atoms with Gasteiger partial charge in [-0.3, -0.25) is 4.79 Å². The van der Waals surface area contributed by atoms with E-state index >= 15 is 0 Å². The zero-order valence-electron chi connectivity index (χ0n) is 10.7. The summed E-state index contributed by atoms with van der Waals surface area (Å²) in [6, 6.07) is 13.1. The molecule has 1 N–H and O–H groups in total. The van der Waals surface area contributed by atoms with E-state index in [-0.39, 0.29) is 5.91 Å². The average molecular weight is 367 g/mol. The van der Waals surface area contributed by atoms with Crippen molar-refractivity contribution in [1.29, 1.82) is 0 Å². The van der Waals surface area contributed by atoms with Crippen molar-refractivity contribution in [1.82, 2.24) is 0 Å². The van der Waals surface area contributed by atoms with Gasteiger partial charge in [-0.15, -0.1) is 0 Å². The fourth-order valence-corrected chi connectivity index (χ4v) is 2.24. The van der Waals surface area contributed by atoms with Crippen molar-refractivity contribution >= 4 is 34.2 Å². The molecule has 19 heavy (non-hydrogen) atoms. The normalized spacial score (nSPS) is 10.1. The summed E-state index contributed by atoms with van der Waals surface area (Å²) in [7, 11) is 1.60. The number of hydrogen-bond donors (Lipinski definition) is 1. The summed E-state index contributed by atoms with van der Waals surface area (Å²) in [4.78, 5) is 12.2. The van der Waals surface area contributed by atoms with Crippen molar-refractivity contribution in [3.8, 4) is 5.75 Å². The van der Waals surface area contributed by atoms with Gasteiger partial charge in [-0.2, -0.15) is 0 Å². The molecule has 3 nitrogen and oxygen atoms in total. The number of benzene rings is 2. The molecule has 0 fully saturated rings. The largest absolute Gasteiger partial charge is 0.496 e. The van der Waals surface area contributed by atoms with E-state index in [9.17, 15) is 4.79 Å². The Morgan fingerprint density at radius 1 is 1.21 bits per heavy atom. The van der Waals surface area contributed by atoms with Gasteiger partial charge < -0.3 is 10.1 Å². The van der Waals surface area contributed by atoms with Crippen LogP contribution in [0.1, 0.15) is 15.9 Å². The number of methoxy groups -OCH3 is 1. The molecule has 4 heteroatoms. The molecule has 0 aliphatic carbocycles. The van der Waals surface area contributed by atoms with E-state index in [0.29, 0.717) is 5.56 Å². The quantitative estimate of drug-likeness (QED) is 0.837. The van der Waals surface area contributed by atoms with E-state index in [0.717, 1.165) is 20.6 Å². The lowest BCUT2D eigenvalue weighted by atomic mass is 10.1. The highest BCUT2D eigenvalue weighted by molar-refractivity contribution is 14.1. The minimum atomic E-state index is -0.137. The van der Waals surface area contributed by atoms with Crippen LogP contribution in [0.25, 0.3) is 0 Å². The van der Waals surface area contributed by atoms with E-state index in [1.807, 2.05) is 37.3 Å². The first-order valence-corrected chi connectivity index (χ1v) is 6.90. The van der Waals surface area contributed by atoms with Crippen molar-refractivity contribution in [3.05, 3.63) is 57.2 Å². The second-order valence-corrected chi connectivity index (χ2v) is 5.28. The minimum Gasteiger partial charge on any atom is -0.496 e. The van der Waals surface area contributed by atoms with Gasteiger partial charge in [0.1, 0.15) is 5.75 Å². The molecule has 2 rings (SSSR count). The van der Waals surface area contributed by atoms with E-state index in [1.165, 1.54) is 0 Å². The summed E-state index contributed by atoms with van der Waals surface area (Å²) in [5, 5.41) is 2.90. The Morgan fingerprint density at radius 3 is 2.63 bits per heavy atom. The molecule has 0 aliphatic heterocycles. The van der Waals surface area contributed by atoms with Gasteiger partial charge in [0.05, 0.1) is 12.8 Å². The van der Waals surface area contributed by atoms with Crippen LogP contribution in [0.5, 0.6) is 5.75 Å². The molecule has 2 aromatic rings. The molecule has 98 valence electrons. The fraction of sp³-hybridized carbons (Fsp3) is 0.133. The summed E-state index contributed by atoms with van der Waals surface area (Å²) in [5.41, 5.74) is 2.41. The van der Waals surface area contributed by atoms with Crippen LogP contribution in [0.3, 0.4) is 0 Å². The summed E-state index contributed by atoms with van der Waals surface area (Å²) < 4.78 is 6.24. The molecule has 2 aromatic carbocycles. The Kier molecular flexibility index (Phi) is 4.42. The number of carbonyl (C=O) groups excluding carboxylic acids is 1. The van der Waals surface area contributed by atoms with Crippen LogP contribution in [-0.2, 0) is 0 Å². The maximum atomic E-state index is 12.2. The second-order valence-electron chi connectivity index (χ2n) is 4.12. The lowest BCUT2D eigenvalue weighted by Crippen LogP contribution is -2.13. The van der Waals surface area contributed by atoms with Crippen molar-refractivity contribution in [3.63, 3.8) is 0 Å². The summed E-state index contributed by atoms with van der Waals surface area (Å²) in [6.07, 6.45) is 0. The highest BCUT2D eigenvalue weighted by Crippen LogP contribution is 2.21. The predicted octanol–water partition coefficient (Wildman–Crippen LogP) is 3.86. The molecule has 0 spiro atoms. The zero-order chi connectivity index (χ0) is 13.8. The van der Waals surface area contributed by atoms with Gasteiger partial charge in [-0.25, -0.2) is 0 Å². The molecule has 0 heterocycles. The number of halogens is 1. The highest BCUT2D eigenvalue weighted by Gasteiger charge is 2.10. The van der Waals surface area contributed by atoms with Gasteiger partial charge >= 0.3 is 0 Å². The van der Waals surface area contributed by atoms with Crippen molar-refractivity contribution in [2.45, 2.75) is 6.92 Å². The monoisotopic (exact) mass is 367 g/mol. The summed E-state index contributed by atoms with van der Waals surface area (Å²) in [6.45, 7) is 1.95. The standard InChI is InChI=1S/C15H14INO2/c1-10-7-8-11(9-14(10)19-2)15(18)17-13-6-4-3-5-12(13)16/h3-9H,1-2H3,(H,17,18). The third-order valence-electron chi connectivity index (χ3n) is 2.79.